The molecule has 1 aromatic carbocycles. The fraction of sp³-hybridized carbons (Fsp3) is 0.364. The van der Waals surface area contributed by atoms with E-state index >= 15 is 0 Å². The van der Waals surface area contributed by atoms with Crippen LogP contribution in [0.15, 0.2) is 30.3 Å². The number of carbonyl (C=O) groups excluding carboxylic acids is 1. The maximum Gasteiger partial charge on any atom is 0.137 e. The Morgan fingerprint density at radius 2 is 2.14 bits per heavy atom. The van der Waals surface area contributed by atoms with Gasteiger partial charge < -0.3 is 14.8 Å². The molecule has 2 atom stereocenters. The molecular weight excluding hydrogens is 178 g/mol. The van der Waals surface area contributed by atoms with Crippen molar-refractivity contribution in [1.82, 2.24) is 5.32 Å². The first-order chi connectivity index (χ1) is 6.88. The van der Waals surface area contributed by atoms with Gasteiger partial charge in [0.2, 0.25) is 0 Å². The van der Waals surface area contributed by atoms with E-state index in [0.717, 1.165) is 25.0 Å². The van der Waals surface area contributed by atoms with Crippen molar-refractivity contribution in [3.63, 3.8) is 0 Å². The van der Waals surface area contributed by atoms with Crippen molar-refractivity contribution in [2.45, 2.75) is 18.6 Å². The van der Waals surface area contributed by atoms with Crippen molar-refractivity contribution in [1.29, 1.82) is 0 Å². The van der Waals surface area contributed by atoms with Crippen LogP contribution in [0.3, 0.4) is 0 Å². The van der Waals surface area contributed by atoms with Crippen LogP contribution in [0, 0.1) is 0 Å². The van der Waals surface area contributed by atoms with Crippen LogP contribution in [0.25, 0.3) is 0 Å². The van der Waals surface area contributed by atoms with Gasteiger partial charge in [0, 0.05) is 13.0 Å². The molecule has 1 aliphatic heterocycles. The lowest BCUT2D eigenvalue weighted by atomic mass is 10.2. The van der Waals surface area contributed by atoms with E-state index < -0.39 is 0 Å². The molecular formula is C11H13NO2. The van der Waals surface area contributed by atoms with E-state index in [0.29, 0.717) is 0 Å². The first-order valence-electron chi connectivity index (χ1n) is 4.79. The minimum atomic E-state index is -0.0382. The van der Waals surface area contributed by atoms with Gasteiger partial charge in [-0.2, -0.15) is 0 Å². The van der Waals surface area contributed by atoms with Crippen LogP contribution in [0.2, 0.25) is 0 Å². The second kappa shape index (κ2) is 4.24. The Hall–Kier alpha value is -1.35. The number of aldehydes is 1. The summed E-state index contributed by atoms with van der Waals surface area (Å²) in [4.78, 5) is 10.5. The van der Waals surface area contributed by atoms with E-state index in [2.05, 4.69) is 5.32 Å². The highest BCUT2D eigenvalue weighted by Gasteiger charge is 2.24. The summed E-state index contributed by atoms with van der Waals surface area (Å²) in [5, 5.41) is 3.08. The molecule has 1 saturated heterocycles. The Bertz CT molecular complexity index is 299. The van der Waals surface area contributed by atoms with Gasteiger partial charge in [0.15, 0.2) is 0 Å². The van der Waals surface area contributed by atoms with Gasteiger partial charge >= 0.3 is 0 Å². The van der Waals surface area contributed by atoms with Crippen molar-refractivity contribution in [2.75, 3.05) is 6.54 Å². The molecule has 0 saturated carbocycles. The van der Waals surface area contributed by atoms with Crippen molar-refractivity contribution >= 4 is 6.29 Å². The molecule has 1 unspecified atom stereocenters. The molecule has 1 aromatic rings. The van der Waals surface area contributed by atoms with Gasteiger partial charge in [-0.05, 0) is 12.1 Å². The Kier molecular flexibility index (Phi) is 2.79. The number of carbonyl (C=O) groups is 1. The monoisotopic (exact) mass is 191 g/mol. The molecule has 0 aromatic heterocycles. The van der Waals surface area contributed by atoms with E-state index in [-0.39, 0.29) is 12.1 Å². The predicted molar refractivity (Wildman–Crippen MR) is 53.3 cm³/mol. The van der Waals surface area contributed by atoms with Crippen LogP contribution in [0.4, 0.5) is 0 Å². The Balaban J connectivity index is 1.90. The highest BCUT2D eigenvalue weighted by atomic mass is 16.5. The van der Waals surface area contributed by atoms with E-state index in [1.807, 2.05) is 30.3 Å². The molecule has 3 nitrogen and oxygen atoms in total. The quantitative estimate of drug-likeness (QED) is 0.724. The van der Waals surface area contributed by atoms with E-state index in [1.54, 1.807) is 0 Å². The molecule has 0 radical (unpaired) electrons. The lowest BCUT2D eigenvalue weighted by Gasteiger charge is -2.11. The second-order valence-electron chi connectivity index (χ2n) is 3.44. The maximum absolute atomic E-state index is 10.5. The largest absolute Gasteiger partial charge is 0.489 e. The van der Waals surface area contributed by atoms with Gasteiger partial charge in [-0.15, -0.1) is 0 Å². The lowest BCUT2D eigenvalue weighted by Crippen LogP contribution is -2.22. The Morgan fingerprint density at radius 1 is 1.36 bits per heavy atom. The maximum atomic E-state index is 10.5. The summed E-state index contributed by atoms with van der Waals surface area (Å²) in [7, 11) is 0. The smallest absolute Gasteiger partial charge is 0.137 e. The molecule has 0 bridgehead atoms. The molecule has 1 fully saturated rings. The normalized spacial score (nSPS) is 26.0. The molecule has 1 N–H and O–H groups in total. The van der Waals surface area contributed by atoms with Crippen LogP contribution in [0.1, 0.15) is 6.42 Å². The zero-order chi connectivity index (χ0) is 9.80. The Morgan fingerprint density at radius 3 is 2.79 bits per heavy atom. The highest BCUT2D eigenvalue weighted by Crippen LogP contribution is 2.15. The summed E-state index contributed by atoms with van der Waals surface area (Å²) in [5.41, 5.74) is 0. The first kappa shape index (κ1) is 9.21. The van der Waals surface area contributed by atoms with Gasteiger partial charge in [0.05, 0.1) is 6.04 Å². The molecule has 1 aliphatic rings. The molecule has 0 amide bonds. The number of rotatable bonds is 3. The standard InChI is InChI=1S/C11H13NO2/c13-8-9-6-11(7-12-9)14-10-4-2-1-3-5-10/h1-5,8-9,11-12H,6-7H2/t9-,11?/m1/s1. The van der Waals surface area contributed by atoms with Crippen LogP contribution in [0.5, 0.6) is 5.75 Å². The molecule has 3 heteroatoms. The van der Waals surface area contributed by atoms with Gasteiger partial charge in [-0.3, -0.25) is 0 Å². The lowest BCUT2D eigenvalue weighted by molar-refractivity contribution is -0.109. The molecule has 74 valence electrons. The molecule has 0 aliphatic carbocycles. The molecule has 2 rings (SSSR count). The third-order valence-corrected chi connectivity index (χ3v) is 2.33. The van der Waals surface area contributed by atoms with Crippen LogP contribution in [-0.2, 0) is 4.79 Å². The Labute approximate surface area is 83.1 Å². The third kappa shape index (κ3) is 2.12. The summed E-state index contributed by atoms with van der Waals surface area (Å²) in [5.74, 6) is 0.867. The summed E-state index contributed by atoms with van der Waals surface area (Å²) >= 11 is 0. The fourth-order valence-electron chi connectivity index (χ4n) is 1.62. The average molecular weight is 191 g/mol. The second-order valence-corrected chi connectivity index (χ2v) is 3.44. The van der Waals surface area contributed by atoms with Gasteiger partial charge in [0.1, 0.15) is 18.1 Å². The van der Waals surface area contributed by atoms with Crippen LogP contribution < -0.4 is 10.1 Å². The number of benzene rings is 1. The van der Waals surface area contributed by atoms with Crippen LogP contribution in [-0.4, -0.2) is 25.0 Å². The number of hydrogen-bond acceptors (Lipinski definition) is 3. The van der Waals surface area contributed by atoms with Gasteiger partial charge in [-0.25, -0.2) is 0 Å². The highest BCUT2D eigenvalue weighted by molar-refractivity contribution is 5.58. The van der Waals surface area contributed by atoms with Gasteiger partial charge in [-0.1, -0.05) is 18.2 Å². The number of ether oxygens (including phenoxy) is 1. The summed E-state index contributed by atoms with van der Waals surface area (Å²) in [6, 6.07) is 9.64. The fourth-order valence-corrected chi connectivity index (χ4v) is 1.62. The van der Waals surface area contributed by atoms with Crippen molar-refractivity contribution in [3.05, 3.63) is 30.3 Å². The SMILES string of the molecule is O=C[C@H]1CC(Oc2ccccc2)CN1. The number of nitrogens with one attached hydrogen (secondary N) is 1. The zero-order valence-corrected chi connectivity index (χ0v) is 7.85. The summed E-state index contributed by atoms with van der Waals surface area (Å²) in [6.07, 6.45) is 1.82. The predicted octanol–water partition coefficient (Wildman–Crippen LogP) is 0.995. The third-order valence-electron chi connectivity index (χ3n) is 2.33. The van der Waals surface area contributed by atoms with Crippen molar-refractivity contribution < 1.29 is 9.53 Å². The minimum Gasteiger partial charge on any atom is -0.489 e. The number of para-hydroxylation sites is 1. The molecule has 14 heavy (non-hydrogen) atoms. The summed E-state index contributed by atoms with van der Waals surface area (Å²) < 4.78 is 5.69. The van der Waals surface area contributed by atoms with Crippen molar-refractivity contribution in [3.8, 4) is 5.75 Å². The zero-order valence-electron chi connectivity index (χ0n) is 7.85. The minimum absolute atomic E-state index is 0.0382. The topological polar surface area (TPSA) is 38.3 Å². The average Bonchev–Trinajstić information content (AvgIpc) is 2.67. The first-order valence-corrected chi connectivity index (χ1v) is 4.79. The van der Waals surface area contributed by atoms with Crippen LogP contribution >= 0.6 is 0 Å². The molecule has 1 heterocycles. The molecule has 0 spiro atoms. The van der Waals surface area contributed by atoms with E-state index in [9.17, 15) is 4.79 Å². The van der Waals surface area contributed by atoms with Crippen molar-refractivity contribution in [2.24, 2.45) is 0 Å². The van der Waals surface area contributed by atoms with Gasteiger partial charge in [0.25, 0.3) is 0 Å². The summed E-state index contributed by atoms with van der Waals surface area (Å²) in [6.45, 7) is 0.748. The number of hydrogen-bond donors (Lipinski definition) is 1. The van der Waals surface area contributed by atoms with E-state index in [1.165, 1.54) is 0 Å². The van der Waals surface area contributed by atoms with E-state index in [4.69, 9.17) is 4.74 Å².